The summed E-state index contributed by atoms with van der Waals surface area (Å²) < 4.78 is 2.05. The number of halogens is 1. The molecule has 5 nitrogen and oxygen atoms in total. The van der Waals surface area contributed by atoms with Crippen LogP contribution < -0.4 is 10.9 Å². The average molecular weight is 351 g/mol. The fraction of sp³-hybridized carbons (Fsp3) is 0.636. The summed E-state index contributed by atoms with van der Waals surface area (Å²) in [6.45, 7) is 6.55. The summed E-state index contributed by atoms with van der Waals surface area (Å²) in [5, 5.41) is 12.9. The summed E-state index contributed by atoms with van der Waals surface area (Å²) in [5.41, 5.74) is 0.628. The number of aromatic nitrogens is 2. The van der Waals surface area contributed by atoms with E-state index in [0.717, 1.165) is 5.69 Å². The molecule has 0 aliphatic carbocycles. The van der Waals surface area contributed by atoms with Gasteiger partial charge in [-0.2, -0.15) is 0 Å². The van der Waals surface area contributed by atoms with Crippen molar-refractivity contribution in [2.24, 2.45) is 0 Å². The van der Waals surface area contributed by atoms with E-state index in [-0.39, 0.29) is 12.1 Å². The van der Waals surface area contributed by atoms with Crippen LogP contribution in [0.15, 0.2) is 11.1 Å². The van der Waals surface area contributed by atoms with Gasteiger partial charge in [0.05, 0.1) is 28.2 Å². The van der Waals surface area contributed by atoms with Crippen molar-refractivity contribution in [1.82, 2.24) is 14.9 Å². The molecule has 0 saturated heterocycles. The molecule has 0 fully saturated rings. The first kappa shape index (κ1) is 14.6. The molecule has 0 aliphatic heterocycles. The summed E-state index contributed by atoms with van der Waals surface area (Å²) >= 11 is 1.98. The van der Waals surface area contributed by atoms with Crippen molar-refractivity contribution in [3.8, 4) is 0 Å². The molecule has 0 saturated carbocycles. The Kier molecular flexibility index (Phi) is 5.54. The van der Waals surface area contributed by atoms with Gasteiger partial charge in [-0.3, -0.25) is 9.36 Å². The zero-order valence-corrected chi connectivity index (χ0v) is 12.4. The maximum atomic E-state index is 11.8. The van der Waals surface area contributed by atoms with Gasteiger partial charge < -0.3 is 10.4 Å². The second-order valence-electron chi connectivity index (χ2n) is 4.32. The van der Waals surface area contributed by atoms with Crippen LogP contribution in [0.5, 0.6) is 0 Å². The van der Waals surface area contributed by atoms with Crippen molar-refractivity contribution in [2.75, 3.05) is 6.54 Å². The Balaban J connectivity index is 2.69. The third kappa shape index (κ3) is 4.36. The van der Waals surface area contributed by atoms with Crippen LogP contribution in [0.25, 0.3) is 0 Å². The normalized spacial score (nSPS) is 13.1. The maximum Gasteiger partial charge on any atom is 0.267 e. The second-order valence-corrected chi connectivity index (χ2v) is 5.40. The van der Waals surface area contributed by atoms with Crippen LogP contribution in [0.2, 0.25) is 0 Å². The smallest absolute Gasteiger partial charge is 0.267 e. The molecule has 1 aromatic heterocycles. The van der Waals surface area contributed by atoms with Crippen molar-refractivity contribution < 1.29 is 5.11 Å². The van der Waals surface area contributed by atoms with Gasteiger partial charge in [-0.15, -0.1) is 0 Å². The molecule has 2 N–H and O–H groups in total. The van der Waals surface area contributed by atoms with E-state index in [0.29, 0.717) is 16.2 Å². The third-order valence-electron chi connectivity index (χ3n) is 2.33. The largest absolute Gasteiger partial charge is 0.390 e. The Hall–Kier alpha value is -0.470. The van der Waals surface area contributed by atoms with E-state index in [1.54, 1.807) is 6.92 Å². The van der Waals surface area contributed by atoms with Gasteiger partial charge in [0.25, 0.3) is 5.56 Å². The lowest BCUT2D eigenvalue weighted by Gasteiger charge is -2.15. The summed E-state index contributed by atoms with van der Waals surface area (Å²) in [5.74, 6) is 0. The zero-order valence-electron chi connectivity index (χ0n) is 10.3. The molecular weight excluding hydrogens is 333 g/mol. The first-order valence-electron chi connectivity index (χ1n) is 5.54. The molecule has 1 rings (SSSR count). The number of hydrogen-bond donors (Lipinski definition) is 2. The highest BCUT2D eigenvalue weighted by atomic mass is 127. The monoisotopic (exact) mass is 351 g/mol. The van der Waals surface area contributed by atoms with E-state index in [4.69, 9.17) is 0 Å². The number of aliphatic hydroxyl groups is 1. The molecule has 0 spiro atoms. The number of rotatable bonds is 5. The number of nitrogens with zero attached hydrogens (tertiary/aromatic N) is 2. The Morgan fingerprint density at radius 2 is 2.24 bits per heavy atom. The maximum absolute atomic E-state index is 11.8. The van der Waals surface area contributed by atoms with Crippen molar-refractivity contribution in [3.63, 3.8) is 0 Å². The molecule has 17 heavy (non-hydrogen) atoms. The van der Waals surface area contributed by atoms with Gasteiger partial charge in [-0.05, 0) is 29.5 Å². The molecular formula is C11H18IN3O2. The molecule has 96 valence electrons. The van der Waals surface area contributed by atoms with Crippen LogP contribution in [0, 0.1) is 10.5 Å². The van der Waals surface area contributed by atoms with Crippen molar-refractivity contribution in [3.05, 3.63) is 25.9 Å². The van der Waals surface area contributed by atoms with Crippen LogP contribution in [0.4, 0.5) is 0 Å². The standard InChI is InChI=1S/C11H18IN3O2/c1-7(2)13-4-9(16)5-15-6-14-8(3)10(12)11(15)17/h6-7,9,13,16H,4-5H2,1-3H3. The Bertz CT molecular complexity index is 431. The summed E-state index contributed by atoms with van der Waals surface area (Å²) in [4.78, 5) is 16.0. The topological polar surface area (TPSA) is 67.2 Å². The van der Waals surface area contributed by atoms with E-state index in [2.05, 4.69) is 10.3 Å². The van der Waals surface area contributed by atoms with E-state index in [1.165, 1.54) is 10.9 Å². The first-order chi connectivity index (χ1) is 7.91. The van der Waals surface area contributed by atoms with Crippen LogP contribution in [0.1, 0.15) is 19.5 Å². The number of nitrogens with one attached hydrogen (secondary N) is 1. The Morgan fingerprint density at radius 3 is 2.82 bits per heavy atom. The minimum atomic E-state index is -0.588. The van der Waals surface area contributed by atoms with Gasteiger partial charge in [0.2, 0.25) is 0 Å². The first-order valence-corrected chi connectivity index (χ1v) is 6.62. The molecule has 0 aromatic carbocycles. The second kappa shape index (κ2) is 6.46. The summed E-state index contributed by atoms with van der Waals surface area (Å²) in [6, 6.07) is 0.317. The van der Waals surface area contributed by atoms with E-state index in [1.807, 2.05) is 36.4 Å². The molecule has 1 heterocycles. The molecule has 0 bridgehead atoms. The lowest BCUT2D eigenvalue weighted by Crippen LogP contribution is -2.37. The summed E-state index contributed by atoms with van der Waals surface area (Å²) in [6.07, 6.45) is 0.897. The molecule has 1 aromatic rings. The predicted molar refractivity (Wildman–Crippen MR) is 75.1 cm³/mol. The van der Waals surface area contributed by atoms with Gasteiger partial charge in [0.15, 0.2) is 0 Å². The number of aryl methyl sites for hydroxylation is 1. The highest BCUT2D eigenvalue weighted by Gasteiger charge is 2.10. The average Bonchev–Trinajstić information content (AvgIpc) is 2.27. The molecule has 1 atom stereocenters. The van der Waals surface area contributed by atoms with Gasteiger partial charge in [0.1, 0.15) is 0 Å². The van der Waals surface area contributed by atoms with Gasteiger partial charge >= 0.3 is 0 Å². The van der Waals surface area contributed by atoms with Crippen molar-refractivity contribution in [1.29, 1.82) is 0 Å². The minimum Gasteiger partial charge on any atom is -0.390 e. The lowest BCUT2D eigenvalue weighted by atomic mass is 10.3. The van der Waals surface area contributed by atoms with Crippen LogP contribution in [0.3, 0.4) is 0 Å². The highest BCUT2D eigenvalue weighted by Crippen LogP contribution is 2.01. The van der Waals surface area contributed by atoms with E-state index >= 15 is 0 Å². The zero-order chi connectivity index (χ0) is 13.0. The summed E-state index contributed by atoms with van der Waals surface area (Å²) in [7, 11) is 0. The quantitative estimate of drug-likeness (QED) is 0.759. The molecule has 0 aliphatic rings. The fourth-order valence-corrected chi connectivity index (χ4v) is 1.79. The minimum absolute atomic E-state index is 0.0957. The van der Waals surface area contributed by atoms with E-state index in [9.17, 15) is 9.90 Å². The Morgan fingerprint density at radius 1 is 1.59 bits per heavy atom. The fourth-order valence-electron chi connectivity index (χ4n) is 1.34. The SMILES string of the molecule is Cc1ncn(CC(O)CNC(C)C)c(=O)c1I. The predicted octanol–water partition coefficient (Wildman–Crippen LogP) is 0.515. The van der Waals surface area contributed by atoms with E-state index < -0.39 is 6.10 Å². The highest BCUT2D eigenvalue weighted by molar-refractivity contribution is 14.1. The lowest BCUT2D eigenvalue weighted by molar-refractivity contribution is 0.147. The number of aliphatic hydroxyl groups excluding tert-OH is 1. The molecule has 0 radical (unpaired) electrons. The van der Waals surface area contributed by atoms with Crippen LogP contribution in [-0.2, 0) is 6.54 Å². The van der Waals surface area contributed by atoms with Gasteiger partial charge in [0, 0.05) is 12.6 Å². The van der Waals surface area contributed by atoms with Crippen LogP contribution >= 0.6 is 22.6 Å². The number of hydrogen-bond acceptors (Lipinski definition) is 4. The van der Waals surface area contributed by atoms with Crippen molar-refractivity contribution >= 4 is 22.6 Å². The molecule has 0 amide bonds. The van der Waals surface area contributed by atoms with Crippen molar-refractivity contribution in [2.45, 2.75) is 39.5 Å². The third-order valence-corrected chi connectivity index (χ3v) is 3.57. The molecule has 1 unspecified atom stereocenters. The van der Waals surface area contributed by atoms with Gasteiger partial charge in [-0.25, -0.2) is 4.98 Å². The Labute approximate surface area is 114 Å². The van der Waals surface area contributed by atoms with Crippen LogP contribution in [-0.4, -0.2) is 33.3 Å². The van der Waals surface area contributed by atoms with Gasteiger partial charge in [-0.1, -0.05) is 13.8 Å². The molecule has 6 heteroatoms.